The van der Waals surface area contributed by atoms with Crippen molar-refractivity contribution in [2.75, 3.05) is 13.1 Å². The summed E-state index contributed by atoms with van der Waals surface area (Å²) < 4.78 is 0.634. The fourth-order valence-corrected chi connectivity index (χ4v) is 4.71. The molecule has 128 valence electrons. The smallest absolute Gasteiger partial charge is 0.263 e. The van der Waals surface area contributed by atoms with Crippen LogP contribution in [0.3, 0.4) is 0 Å². The summed E-state index contributed by atoms with van der Waals surface area (Å²) in [4.78, 5) is 30.8. The second kappa shape index (κ2) is 7.63. The van der Waals surface area contributed by atoms with Gasteiger partial charge < -0.3 is 10.2 Å². The maximum Gasteiger partial charge on any atom is 0.263 e. The number of aromatic nitrogens is 1. The van der Waals surface area contributed by atoms with Gasteiger partial charge in [0.25, 0.3) is 5.91 Å². The van der Waals surface area contributed by atoms with Crippen molar-refractivity contribution in [1.82, 2.24) is 15.2 Å². The lowest BCUT2D eigenvalue weighted by Gasteiger charge is -2.31. The molecular weight excluding hydrogens is 366 g/mol. The van der Waals surface area contributed by atoms with E-state index in [0.717, 1.165) is 30.1 Å². The van der Waals surface area contributed by atoms with Crippen molar-refractivity contribution in [3.8, 4) is 0 Å². The highest BCUT2D eigenvalue weighted by atomic mass is 35.5. The normalized spacial score (nSPS) is 17.8. The number of nitrogens with one attached hydrogen (secondary N) is 1. The lowest BCUT2D eigenvalue weighted by molar-refractivity contribution is -0.119. The zero-order valence-electron chi connectivity index (χ0n) is 13.3. The van der Waals surface area contributed by atoms with Crippen LogP contribution in [0.25, 0.3) is 0 Å². The van der Waals surface area contributed by atoms with E-state index in [1.54, 1.807) is 23.5 Å². The quantitative estimate of drug-likeness (QED) is 0.878. The Balaban J connectivity index is 1.65. The number of carbonyl (C=O) groups excluding carboxylic acids is 2. The number of carbonyl (C=O) groups is 2. The first-order valence-electron chi connectivity index (χ1n) is 7.76. The molecule has 1 aliphatic rings. The molecule has 5 nitrogen and oxygen atoms in total. The van der Waals surface area contributed by atoms with E-state index in [1.807, 2.05) is 10.3 Å². The van der Waals surface area contributed by atoms with Gasteiger partial charge in [0.05, 0.1) is 26.5 Å². The van der Waals surface area contributed by atoms with Crippen LogP contribution in [0.2, 0.25) is 4.34 Å². The minimum absolute atomic E-state index is 0.0478. The SMILES string of the molecule is CC(=O)NCc1csc([C@@H]2CCCN(C(=O)c3ccc(Cl)s3)C2)n1. The molecule has 1 atom stereocenters. The third-order valence-electron chi connectivity index (χ3n) is 3.93. The van der Waals surface area contributed by atoms with Crippen LogP contribution in [0.4, 0.5) is 0 Å². The monoisotopic (exact) mass is 383 g/mol. The van der Waals surface area contributed by atoms with Crippen LogP contribution in [0.1, 0.15) is 46.1 Å². The van der Waals surface area contributed by atoms with E-state index in [0.29, 0.717) is 22.3 Å². The summed E-state index contributed by atoms with van der Waals surface area (Å²) in [6.07, 6.45) is 2.00. The first kappa shape index (κ1) is 17.4. The minimum atomic E-state index is -0.0615. The van der Waals surface area contributed by atoms with Gasteiger partial charge in [0.1, 0.15) is 0 Å². The number of thiazole rings is 1. The van der Waals surface area contributed by atoms with Crippen LogP contribution in [-0.4, -0.2) is 34.8 Å². The Kier molecular flexibility index (Phi) is 5.53. The van der Waals surface area contributed by atoms with Crippen molar-refractivity contribution in [1.29, 1.82) is 0 Å². The van der Waals surface area contributed by atoms with Gasteiger partial charge in [-0.25, -0.2) is 4.98 Å². The average molecular weight is 384 g/mol. The molecule has 0 radical (unpaired) electrons. The molecule has 8 heteroatoms. The van der Waals surface area contributed by atoms with E-state index in [4.69, 9.17) is 11.6 Å². The van der Waals surface area contributed by atoms with Crippen LogP contribution in [0, 0.1) is 0 Å². The summed E-state index contributed by atoms with van der Waals surface area (Å²) >= 11 is 8.86. The number of amides is 2. The Morgan fingerprint density at radius 3 is 3.00 bits per heavy atom. The topological polar surface area (TPSA) is 62.3 Å². The largest absolute Gasteiger partial charge is 0.351 e. The number of hydrogen-bond donors (Lipinski definition) is 1. The van der Waals surface area contributed by atoms with Gasteiger partial charge in [-0.2, -0.15) is 0 Å². The molecule has 24 heavy (non-hydrogen) atoms. The number of halogens is 1. The van der Waals surface area contributed by atoms with Gasteiger partial charge in [0.15, 0.2) is 0 Å². The summed E-state index contributed by atoms with van der Waals surface area (Å²) in [6.45, 7) is 3.40. The Bertz CT molecular complexity index is 743. The summed E-state index contributed by atoms with van der Waals surface area (Å²) in [6, 6.07) is 3.55. The lowest BCUT2D eigenvalue weighted by atomic mass is 9.98. The van der Waals surface area contributed by atoms with E-state index in [1.165, 1.54) is 18.3 Å². The van der Waals surface area contributed by atoms with Gasteiger partial charge in [0, 0.05) is 31.3 Å². The van der Waals surface area contributed by atoms with E-state index in [-0.39, 0.29) is 17.7 Å². The summed E-state index contributed by atoms with van der Waals surface area (Å²) in [5, 5.41) is 5.77. The van der Waals surface area contributed by atoms with Crippen molar-refractivity contribution in [2.45, 2.75) is 32.2 Å². The van der Waals surface area contributed by atoms with Crippen molar-refractivity contribution in [3.63, 3.8) is 0 Å². The molecule has 0 aliphatic carbocycles. The fraction of sp³-hybridized carbons (Fsp3) is 0.438. The van der Waals surface area contributed by atoms with E-state index in [2.05, 4.69) is 10.3 Å². The maximum absolute atomic E-state index is 12.6. The number of hydrogen-bond acceptors (Lipinski definition) is 5. The molecule has 0 bridgehead atoms. The van der Waals surface area contributed by atoms with E-state index < -0.39 is 0 Å². The van der Waals surface area contributed by atoms with Crippen molar-refractivity contribution >= 4 is 46.1 Å². The van der Waals surface area contributed by atoms with E-state index in [9.17, 15) is 9.59 Å². The molecule has 2 aromatic heterocycles. The van der Waals surface area contributed by atoms with Crippen LogP contribution in [0.5, 0.6) is 0 Å². The molecule has 1 fully saturated rings. The third-order valence-corrected chi connectivity index (χ3v) is 6.20. The number of likely N-dealkylation sites (tertiary alicyclic amines) is 1. The van der Waals surface area contributed by atoms with Gasteiger partial charge in [-0.3, -0.25) is 9.59 Å². The molecule has 1 aliphatic heterocycles. The highest BCUT2D eigenvalue weighted by Crippen LogP contribution is 2.31. The molecule has 3 rings (SSSR count). The Hall–Kier alpha value is -1.44. The highest BCUT2D eigenvalue weighted by molar-refractivity contribution is 7.18. The van der Waals surface area contributed by atoms with Crippen molar-refractivity contribution < 1.29 is 9.59 Å². The second-order valence-corrected chi connectivity index (χ2v) is 8.39. The number of piperidine rings is 1. The zero-order valence-corrected chi connectivity index (χ0v) is 15.6. The van der Waals surface area contributed by atoms with Crippen LogP contribution in [-0.2, 0) is 11.3 Å². The van der Waals surface area contributed by atoms with Gasteiger partial charge in [-0.05, 0) is 25.0 Å². The number of rotatable bonds is 4. The van der Waals surface area contributed by atoms with Gasteiger partial charge >= 0.3 is 0 Å². The van der Waals surface area contributed by atoms with Crippen molar-refractivity contribution in [3.05, 3.63) is 37.4 Å². The molecule has 0 spiro atoms. The lowest BCUT2D eigenvalue weighted by Crippen LogP contribution is -2.38. The Morgan fingerprint density at radius 1 is 1.46 bits per heavy atom. The first-order valence-corrected chi connectivity index (χ1v) is 9.83. The summed E-state index contributed by atoms with van der Waals surface area (Å²) in [5.41, 5.74) is 0.874. The molecule has 0 unspecified atom stereocenters. The molecule has 1 N–H and O–H groups in total. The number of thiophene rings is 1. The molecule has 0 aromatic carbocycles. The first-order chi connectivity index (χ1) is 11.5. The zero-order chi connectivity index (χ0) is 17.1. The fourth-order valence-electron chi connectivity index (χ4n) is 2.75. The van der Waals surface area contributed by atoms with Crippen LogP contribution >= 0.6 is 34.3 Å². The predicted octanol–water partition coefficient (Wildman–Crippen LogP) is 3.51. The summed E-state index contributed by atoms with van der Waals surface area (Å²) in [7, 11) is 0. The van der Waals surface area contributed by atoms with Crippen LogP contribution < -0.4 is 5.32 Å². The van der Waals surface area contributed by atoms with Gasteiger partial charge in [-0.1, -0.05) is 11.6 Å². The molecule has 2 amide bonds. The predicted molar refractivity (Wildman–Crippen MR) is 96.8 cm³/mol. The van der Waals surface area contributed by atoms with E-state index >= 15 is 0 Å². The second-order valence-electron chi connectivity index (χ2n) is 5.78. The molecule has 3 heterocycles. The molecule has 2 aromatic rings. The van der Waals surface area contributed by atoms with Crippen molar-refractivity contribution in [2.24, 2.45) is 0 Å². The number of nitrogens with zero attached hydrogens (tertiary/aromatic N) is 2. The Labute approximate surface area is 153 Å². The Morgan fingerprint density at radius 2 is 2.29 bits per heavy atom. The minimum Gasteiger partial charge on any atom is -0.351 e. The average Bonchev–Trinajstić information content (AvgIpc) is 3.21. The van der Waals surface area contributed by atoms with Crippen LogP contribution in [0.15, 0.2) is 17.5 Å². The highest BCUT2D eigenvalue weighted by Gasteiger charge is 2.28. The summed E-state index contributed by atoms with van der Waals surface area (Å²) in [5.74, 6) is 0.245. The molecule has 1 saturated heterocycles. The molecule has 0 saturated carbocycles. The van der Waals surface area contributed by atoms with Gasteiger partial charge in [-0.15, -0.1) is 22.7 Å². The standard InChI is InChI=1S/C16H18ClN3O2S2/c1-10(21)18-7-12-9-23-15(19-12)11-3-2-6-20(8-11)16(22)13-4-5-14(17)24-13/h4-5,9,11H,2-3,6-8H2,1H3,(H,18,21)/t11-/m1/s1. The third kappa shape index (κ3) is 4.15. The maximum atomic E-state index is 12.6. The van der Waals surface area contributed by atoms with Gasteiger partial charge in [0.2, 0.25) is 5.91 Å². The molecular formula is C16H18ClN3O2S2.